The van der Waals surface area contributed by atoms with E-state index in [0.29, 0.717) is 17.2 Å². The molecule has 2 unspecified atom stereocenters. The summed E-state index contributed by atoms with van der Waals surface area (Å²) >= 11 is 0. The average Bonchev–Trinajstić information content (AvgIpc) is 2.63. The van der Waals surface area contributed by atoms with Gasteiger partial charge in [0.25, 0.3) is 5.91 Å². The largest absolute Gasteiger partial charge is 0.457 e. The molecule has 1 aromatic carbocycles. The van der Waals surface area contributed by atoms with Gasteiger partial charge < -0.3 is 21.1 Å². The Labute approximate surface area is 177 Å². The van der Waals surface area contributed by atoms with E-state index in [1.165, 1.54) is 13.2 Å². The number of pyridine rings is 1. The number of carbonyl (C=O) groups excluding carboxylic acids is 2. The summed E-state index contributed by atoms with van der Waals surface area (Å²) in [5.74, 6) is 0.300. The van der Waals surface area contributed by atoms with Crippen LogP contribution in [-0.4, -0.2) is 29.9 Å². The first-order valence-corrected chi connectivity index (χ1v) is 8.35. The van der Waals surface area contributed by atoms with Crippen molar-refractivity contribution in [2.24, 2.45) is 11.7 Å². The summed E-state index contributed by atoms with van der Waals surface area (Å²) in [6, 6.07) is 8.37. The predicted molar refractivity (Wildman–Crippen MR) is 115 cm³/mol. The van der Waals surface area contributed by atoms with Gasteiger partial charge in [0.15, 0.2) is 0 Å². The third kappa shape index (κ3) is 6.67. The lowest BCUT2D eigenvalue weighted by Crippen LogP contribution is -2.34. The van der Waals surface area contributed by atoms with E-state index in [2.05, 4.69) is 15.6 Å². The van der Waals surface area contributed by atoms with Crippen molar-refractivity contribution in [2.45, 2.75) is 26.8 Å². The standard InChI is InChI=1S/C19H24N4O3.2ClH/c1-11-5-6-14(23-18(24)12(2)13(3)20)9-17(11)26-15-7-8-22-16(10-15)19(25)21-4;;/h5-10,12-13H,20H2,1-4H3,(H,21,25)(H,23,24);2*1H. The van der Waals surface area contributed by atoms with E-state index >= 15 is 0 Å². The first-order valence-electron chi connectivity index (χ1n) is 8.35. The van der Waals surface area contributed by atoms with Crippen LogP contribution in [-0.2, 0) is 4.79 Å². The number of halogens is 2. The Balaban J connectivity index is 0.00000364. The van der Waals surface area contributed by atoms with Crippen LogP contribution in [0.15, 0.2) is 36.5 Å². The number of anilines is 1. The molecule has 0 saturated heterocycles. The number of nitrogens with two attached hydrogens (primary N) is 1. The van der Waals surface area contributed by atoms with Crippen molar-refractivity contribution in [3.05, 3.63) is 47.8 Å². The Morgan fingerprint density at radius 1 is 1.14 bits per heavy atom. The summed E-state index contributed by atoms with van der Waals surface area (Å²) in [7, 11) is 1.54. The lowest BCUT2D eigenvalue weighted by molar-refractivity contribution is -0.119. The minimum Gasteiger partial charge on any atom is -0.457 e. The molecule has 2 atom stereocenters. The first kappa shape index (κ1) is 25.6. The molecular formula is C19H26Cl2N4O3. The number of aromatic nitrogens is 1. The van der Waals surface area contributed by atoms with E-state index < -0.39 is 0 Å². The third-order valence-electron chi connectivity index (χ3n) is 4.08. The molecule has 0 fully saturated rings. The number of aryl methyl sites for hydroxylation is 1. The smallest absolute Gasteiger partial charge is 0.269 e. The van der Waals surface area contributed by atoms with Crippen molar-refractivity contribution >= 4 is 42.3 Å². The summed E-state index contributed by atoms with van der Waals surface area (Å²) in [4.78, 5) is 27.9. The fourth-order valence-corrected chi connectivity index (χ4v) is 2.14. The van der Waals surface area contributed by atoms with Crippen molar-refractivity contribution in [2.75, 3.05) is 12.4 Å². The molecule has 2 rings (SSSR count). The Kier molecular flexibility index (Phi) is 10.5. The molecule has 1 aromatic heterocycles. The minimum absolute atomic E-state index is 0. The van der Waals surface area contributed by atoms with Crippen LogP contribution in [0, 0.1) is 12.8 Å². The number of hydrogen-bond donors (Lipinski definition) is 3. The Morgan fingerprint density at radius 2 is 1.82 bits per heavy atom. The van der Waals surface area contributed by atoms with Gasteiger partial charge in [-0.15, -0.1) is 24.8 Å². The molecule has 2 aromatic rings. The minimum atomic E-state index is -0.309. The zero-order valence-corrected chi connectivity index (χ0v) is 17.8. The fourth-order valence-electron chi connectivity index (χ4n) is 2.14. The highest BCUT2D eigenvalue weighted by Crippen LogP contribution is 2.28. The molecule has 0 aliphatic rings. The summed E-state index contributed by atoms with van der Waals surface area (Å²) < 4.78 is 5.88. The fraction of sp³-hybridized carbons (Fsp3) is 0.316. The summed E-state index contributed by atoms with van der Waals surface area (Å²) in [6.45, 7) is 5.47. The van der Waals surface area contributed by atoms with E-state index in [-0.39, 0.29) is 54.3 Å². The van der Waals surface area contributed by atoms with Gasteiger partial charge in [-0.05, 0) is 31.5 Å². The van der Waals surface area contributed by atoms with Crippen LogP contribution < -0.4 is 21.1 Å². The number of carbonyl (C=O) groups is 2. The maximum absolute atomic E-state index is 12.2. The van der Waals surface area contributed by atoms with Gasteiger partial charge in [-0.3, -0.25) is 14.6 Å². The van der Waals surface area contributed by atoms with Gasteiger partial charge >= 0.3 is 0 Å². The molecule has 9 heteroatoms. The zero-order chi connectivity index (χ0) is 19.3. The van der Waals surface area contributed by atoms with Gasteiger partial charge in [-0.1, -0.05) is 13.0 Å². The average molecular weight is 429 g/mol. The second-order valence-corrected chi connectivity index (χ2v) is 6.18. The number of nitrogens with zero attached hydrogens (tertiary/aromatic N) is 1. The number of nitrogens with one attached hydrogen (secondary N) is 2. The third-order valence-corrected chi connectivity index (χ3v) is 4.08. The van der Waals surface area contributed by atoms with Gasteiger partial charge in [-0.25, -0.2) is 0 Å². The molecule has 154 valence electrons. The molecule has 0 aliphatic heterocycles. The number of rotatable bonds is 6. The molecule has 0 saturated carbocycles. The molecule has 4 N–H and O–H groups in total. The van der Waals surface area contributed by atoms with Gasteiger partial charge in [0.2, 0.25) is 5.91 Å². The van der Waals surface area contributed by atoms with Gasteiger partial charge in [0.1, 0.15) is 17.2 Å². The summed E-state index contributed by atoms with van der Waals surface area (Å²) in [5, 5.41) is 5.36. The van der Waals surface area contributed by atoms with E-state index in [9.17, 15) is 9.59 Å². The van der Waals surface area contributed by atoms with E-state index in [4.69, 9.17) is 10.5 Å². The maximum Gasteiger partial charge on any atom is 0.269 e. The summed E-state index contributed by atoms with van der Waals surface area (Å²) in [5.41, 5.74) is 7.54. The first-order chi connectivity index (χ1) is 12.3. The highest BCUT2D eigenvalue weighted by molar-refractivity contribution is 5.93. The van der Waals surface area contributed by atoms with Crippen molar-refractivity contribution < 1.29 is 14.3 Å². The molecule has 28 heavy (non-hydrogen) atoms. The van der Waals surface area contributed by atoms with Crippen LogP contribution >= 0.6 is 24.8 Å². The Morgan fingerprint density at radius 3 is 2.43 bits per heavy atom. The maximum atomic E-state index is 12.2. The number of hydrogen-bond acceptors (Lipinski definition) is 5. The second-order valence-electron chi connectivity index (χ2n) is 6.18. The summed E-state index contributed by atoms with van der Waals surface area (Å²) in [6.07, 6.45) is 1.51. The van der Waals surface area contributed by atoms with Gasteiger partial charge in [-0.2, -0.15) is 0 Å². The van der Waals surface area contributed by atoms with Crippen LogP contribution in [0.2, 0.25) is 0 Å². The molecule has 0 bridgehead atoms. The topological polar surface area (TPSA) is 106 Å². The molecule has 0 spiro atoms. The van der Waals surface area contributed by atoms with E-state index in [1.807, 2.05) is 13.0 Å². The van der Waals surface area contributed by atoms with E-state index in [1.54, 1.807) is 38.1 Å². The lowest BCUT2D eigenvalue weighted by atomic mass is 10.0. The quantitative estimate of drug-likeness (QED) is 0.653. The molecule has 0 aliphatic carbocycles. The second kappa shape index (κ2) is 11.5. The van der Waals surface area contributed by atoms with Crippen LogP contribution in [0.4, 0.5) is 5.69 Å². The normalized spacial score (nSPS) is 11.9. The molecular weight excluding hydrogens is 403 g/mol. The predicted octanol–water partition coefficient (Wildman–Crippen LogP) is 3.31. The zero-order valence-electron chi connectivity index (χ0n) is 16.2. The van der Waals surface area contributed by atoms with Crippen molar-refractivity contribution in [1.82, 2.24) is 10.3 Å². The van der Waals surface area contributed by atoms with Crippen LogP contribution in [0.25, 0.3) is 0 Å². The van der Waals surface area contributed by atoms with Crippen molar-refractivity contribution in [3.8, 4) is 11.5 Å². The monoisotopic (exact) mass is 428 g/mol. The molecule has 1 heterocycles. The number of benzene rings is 1. The highest BCUT2D eigenvalue weighted by atomic mass is 35.5. The lowest BCUT2D eigenvalue weighted by Gasteiger charge is -2.16. The highest BCUT2D eigenvalue weighted by Gasteiger charge is 2.17. The number of amides is 2. The molecule has 7 nitrogen and oxygen atoms in total. The van der Waals surface area contributed by atoms with Crippen molar-refractivity contribution in [1.29, 1.82) is 0 Å². The van der Waals surface area contributed by atoms with Crippen molar-refractivity contribution in [3.63, 3.8) is 0 Å². The number of ether oxygens (including phenoxy) is 1. The Hall–Kier alpha value is -2.35. The Bertz CT molecular complexity index is 816. The van der Waals surface area contributed by atoms with Crippen LogP contribution in [0.3, 0.4) is 0 Å². The molecule has 2 amide bonds. The van der Waals surface area contributed by atoms with Gasteiger partial charge in [0.05, 0.1) is 5.92 Å². The van der Waals surface area contributed by atoms with Crippen LogP contribution in [0.1, 0.15) is 29.9 Å². The van der Waals surface area contributed by atoms with Crippen LogP contribution in [0.5, 0.6) is 11.5 Å². The van der Waals surface area contributed by atoms with Gasteiger partial charge in [0, 0.05) is 37.1 Å². The SMILES string of the molecule is CNC(=O)c1cc(Oc2cc(NC(=O)C(C)C(C)N)ccc2C)ccn1.Cl.Cl. The molecule has 0 radical (unpaired) electrons. The van der Waals surface area contributed by atoms with E-state index in [0.717, 1.165) is 5.56 Å².